The zero-order valence-corrected chi connectivity index (χ0v) is 60.8. The van der Waals surface area contributed by atoms with Crippen molar-refractivity contribution in [3.05, 3.63) is 221 Å². The number of nitrogens with zero attached hydrogens (tertiary/aromatic N) is 2. The molecule has 9 rings (SSSR count). The molecule has 2 unspecified atom stereocenters. The molecule has 15 nitrogen and oxygen atoms in total. The van der Waals surface area contributed by atoms with Crippen molar-refractivity contribution in [1.29, 1.82) is 0 Å². The van der Waals surface area contributed by atoms with Crippen LogP contribution in [0, 0.1) is 7.43 Å². The molecule has 3 N–H and O–H groups in total. The molecule has 0 aliphatic carbocycles. The summed E-state index contributed by atoms with van der Waals surface area (Å²) < 4.78 is 199. The Balaban J connectivity index is 0.000000358. The number of hydrogen-bond acceptors (Lipinski definition) is 11. The van der Waals surface area contributed by atoms with Crippen molar-refractivity contribution < 1.29 is 122 Å². The molecule has 4 amide bonds. The number of likely N-dealkylation sites (tertiary alicyclic amines) is 2. The zero-order valence-electron chi connectivity index (χ0n) is 57.8. The summed E-state index contributed by atoms with van der Waals surface area (Å²) in [5, 5.41) is 17.2. The topological polar surface area (TPSA) is 174 Å². The third kappa shape index (κ3) is 20.1. The molecular weight excluding hydrogens is 1440 g/mol. The second-order valence-electron chi connectivity index (χ2n) is 27.0. The van der Waals surface area contributed by atoms with Crippen LogP contribution in [0.3, 0.4) is 0 Å². The minimum absolute atomic E-state index is 0. The summed E-state index contributed by atoms with van der Waals surface area (Å²) in [6, 6.07) is 37.6. The van der Waals surface area contributed by atoms with Gasteiger partial charge in [0.05, 0.1) is 83.0 Å². The second-order valence-corrected chi connectivity index (χ2v) is 27.0. The molecule has 3 aliphatic heterocycles. The maximum absolute atomic E-state index is 14.3. The molecule has 6 aromatic rings. The fourth-order valence-corrected chi connectivity index (χ4v) is 12.4. The third-order valence-electron chi connectivity index (χ3n) is 18.3. The van der Waals surface area contributed by atoms with E-state index in [0.717, 1.165) is 0 Å². The van der Waals surface area contributed by atoms with Crippen LogP contribution in [0.25, 0.3) is 0 Å². The smallest absolute Gasteiger partial charge is 1.00 e. The Kier molecular flexibility index (Phi) is 27.4. The van der Waals surface area contributed by atoms with E-state index in [2.05, 4.69) is 10.6 Å². The zero-order chi connectivity index (χ0) is 73.0. The van der Waals surface area contributed by atoms with Crippen LogP contribution in [0.1, 0.15) is 156 Å². The number of rotatable bonds is 16. The van der Waals surface area contributed by atoms with Gasteiger partial charge in [0.15, 0.2) is 0 Å². The van der Waals surface area contributed by atoms with Gasteiger partial charge in [-0.15, -0.1) is 0 Å². The Bertz CT molecular complexity index is 3730. The van der Waals surface area contributed by atoms with Gasteiger partial charge in [-0.3, -0.25) is 9.80 Å². The molecule has 1 spiro atoms. The third-order valence-corrected chi connectivity index (χ3v) is 18.3. The van der Waals surface area contributed by atoms with E-state index in [0.29, 0.717) is 52.9 Å². The number of ether oxygens (including phenoxy) is 6. The maximum atomic E-state index is 14.3. The molecule has 0 saturated carbocycles. The first-order chi connectivity index (χ1) is 45.9. The number of cyclic esters (lactones) is 1. The van der Waals surface area contributed by atoms with Crippen molar-refractivity contribution in [2.45, 2.75) is 177 Å². The Morgan fingerprint density at radius 1 is 0.549 bits per heavy atom. The first-order valence-corrected chi connectivity index (χ1v) is 31.6. The van der Waals surface area contributed by atoms with Crippen LogP contribution in [0.5, 0.6) is 0 Å². The summed E-state index contributed by atoms with van der Waals surface area (Å²) in [7, 11) is 0. The van der Waals surface area contributed by atoms with Gasteiger partial charge in [-0.2, -0.15) is 52.7 Å². The standard InChI is InChI=1S/C38H44F6N2O6.C34H34F6N2O5.CH3.BrH.Mg/c1-25(27-19-29(37(39,40)41)21-30(20-27)38(42,43)44)51-24-35(28-15-11-8-12-16-28)17-18-36(34(5,6)49,45-31(47)52-33(2,3)4)23-46(35)32(48)50-22-26-13-9-7-10-14-26;1-22(24-16-26(33(35,36)37)18-27(17-24)34(38,39)40)46-21-31(25-12-8-5-9-13-25)14-15-32(30(2,3)47-28(43)41-32)20-42(31)29(44)45-19-23-10-6-4-7-11-23;;;/h7-16,19-21,25,49H,17-18,22-24H2,1-6H3,(H,45,47);4-13,16-18,22H,14-15,19-21H2,1-3H3,(H,41,43);1H3;1H;/q;;-1;;+2/p-1/t25-,35-,36?;22-,31-,32?;;;/m11.../s1. The van der Waals surface area contributed by atoms with E-state index < -0.39 is 129 Å². The number of hydrogen-bond donors (Lipinski definition) is 3. The summed E-state index contributed by atoms with van der Waals surface area (Å²) >= 11 is 0. The molecule has 0 bridgehead atoms. The Morgan fingerprint density at radius 3 is 1.22 bits per heavy atom. The Labute approximate surface area is 611 Å². The van der Waals surface area contributed by atoms with E-state index in [4.69, 9.17) is 28.4 Å². The van der Waals surface area contributed by atoms with Crippen LogP contribution in [0.2, 0.25) is 0 Å². The predicted molar refractivity (Wildman–Crippen MR) is 350 cm³/mol. The number of amides is 4. The number of aliphatic hydroxyl groups is 1. The fraction of sp³-hybridized carbons (Fsp3) is 0.438. The van der Waals surface area contributed by atoms with Gasteiger partial charge >= 0.3 is 72.1 Å². The quantitative estimate of drug-likeness (QED) is 0.0364. The van der Waals surface area contributed by atoms with E-state index in [1.54, 1.807) is 150 Å². The average molecular weight is 1520 g/mol. The van der Waals surface area contributed by atoms with Gasteiger partial charge in [0.1, 0.15) is 30.0 Å². The molecule has 3 aliphatic rings. The number of halogens is 13. The minimum Gasteiger partial charge on any atom is -1.00 e. The second kappa shape index (κ2) is 32.8. The van der Waals surface area contributed by atoms with Gasteiger partial charge < -0.3 is 68.6 Å². The van der Waals surface area contributed by atoms with Gasteiger partial charge in [-0.25, -0.2) is 19.2 Å². The number of nitrogens with one attached hydrogen (secondary N) is 2. The van der Waals surface area contributed by atoms with E-state index >= 15 is 0 Å². The van der Waals surface area contributed by atoms with Crippen LogP contribution >= 0.6 is 0 Å². The molecule has 0 aromatic heterocycles. The molecule has 0 radical (unpaired) electrons. The molecule has 6 aromatic carbocycles. The van der Waals surface area contributed by atoms with E-state index in [1.807, 2.05) is 6.07 Å². The SMILES string of the molecule is C[C@@H](OC[C@@]1(c2ccccc2)CCC(NC(=O)OC(C)(C)C)(C(C)(C)O)CN1C(=O)OCc1ccccc1)c1cc(C(F)(F)F)cc(C(F)(F)F)c1.C[C@@H](OC[C@@]1(c2ccccc2)CCC2(CN1C(=O)OCc1ccccc1)NC(=O)OC2(C)C)c1cc(C(F)(F)F)cc(C(F)(F)F)c1.[Br-].[CH3-].[Mg+2]. The summed E-state index contributed by atoms with van der Waals surface area (Å²) in [5.41, 5.74) is -13.0. The molecule has 102 heavy (non-hydrogen) atoms. The van der Waals surface area contributed by atoms with E-state index in [1.165, 1.54) is 37.5 Å². The first kappa shape index (κ1) is 85.3. The number of carbonyl (C=O) groups is 4. The van der Waals surface area contributed by atoms with Crippen molar-refractivity contribution in [1.82, 2.24) is 20.4 Å². The van der Waals surface area contributed by atoms with Crippen molar-refractivity contribution in [2.24, 2.45) is 0 Å². The number of alkyl halides is 12. The summed E-state index contributed by atoms with van der Waals surface area (Å²) in [6.07, 6.45) is -25.4. The van der Waals surface area contributed by atoms with Crippen LogP contribution in [-0.4, -0.2) is 117 Å². The molecule has 6 atom stereocenters. The fourth-order valence-electron chi connectivity index (χ4n) is 12.4. The van der Waals surface area contributed by atoms with E-state index in [-0.39, 0.29) is 123 Å². The number of piperidine rings is 2. The first-order valence-electron chi connectivity index (χ1n) is 31.6. The van der Waals surface area contributed by atoms with Crippen molar-refractivity contribution >= 4 is 47.4 Å². The van der Waals surface area contributed by atoms with Gasteiger partial charge in [0.25, 0.3) is 0 Å². The Morgan fingerprint density at radius 2 is 0.892 bits per heavy atom. The number of alkyl carbamates (subject to hydrolysis) is 2. The Hall–Kier alpha value is -7.31. The summed E-state index contributed by atoms with van der Waals surface area (Å²) in [6.45, 7) is 12.6. The van der Waals surface area contributed by atoms with Gasteiger partial charge in [0, 0.05) is 0 Å². The van der Waals surface area contributed by atoms with Gasteiger partial charge in [-0.1, -0.05) is 121 Å². The van der Waals surface area contributed by atoms with Crippen molar-refractivity contribution in [3.8, 4) is 0 Å². The molecule has 552 valence electrons. The normalized spacial score (nSPS) is 21.2. The van der Waals surface area contributed by atoms with Crippen molar-refractivity contribution in [2.75, 3.05) is 26.3 Å². The summed E-state index contributed by atoms with van der Waals surface area (Å²) in [4.78, 5) is 56.7. The molecule has 3 heterocycles. The monoisotopic (exact) mass is 1520 g/mol. The van der Waals surface area contributed by atoms with Crippen LogP contribution in [0.4, 0.5) is 71.9 Å². The van der Waals surface area contributed by atoms with Crippen LogP contribution in [-0.2, 0) is 77.4 Å². The minimum atomic E-state index is -5.06. The molecular formula is C73H81BrF12MgN4O11. The molecule has 3 fully saturated rings. The van der Waals surface area contributed by atoms with Crippen LogP contribution < -0.4 is 27.6 Å². The molecule has 29 heteroatoms. The molecule has 3 saturated heterocycles. The average Bonchev–Trinajstić information content (AvgIpc) is 1.26. The van der Waals surface area contributed by atoms with Gasteiger partial charge in [-0.05, 0) is 158 Å². The van der Waals surface area contributed by atoms with E-state index in [9.17, 15) is 77.0 Å². The van der Waals surface area contributed by atoms with Crippen molar-refractivity contribution in [3.63, 3.8) is 0 Å². The number of carbonyl (C=O) groups excluding carboxylic acids is 4. The summed E-state index contributed by atoms with van der Waals surface area (Å²) in [5.74, 6) is 0. The number of benzene rings is 6. The predicted octanol–water partition coefficient (Wildman–Crippen LogP) is 14.6. The largest absolute Gasteiger partial charge is 2.00 e. The maximum Gasteiger partial charge on any atom is 2.00 e. The van der Waals surface area contributed by atoms with Crippen LogP contribution in [0.15, 0.2) is 158 Å². The van der Waals surface area contributed by atoms with Gasteiger partial charge in [0.2, 0.25) is 0 Å².